The third-order valence-electron chi connectivity index (χ3n) is 5.42. The van der Waals surface area contributed by atoms with Crippen molar-refractivity contribution in [1.29, 1.82) is 5.26 Å². The first-order valence-corrected chi connectivity index (χ1v) is 12.7. The van der Waals surface area contributed by atoms with Crippen LogP contribution in [-0.2, 0) is 25.3 Å². The fourth-order valence-corrected chi connectivity index (χ4v) is 5.34. The van der Waals surface area contributed by atoms with Crippen molar-refractivity contribution in [2.24, 2.45) is 5.92 Å². The van der Waals surface area contributed by atoms with Crippen molar-refractivity contribution in [3.8, 4) is 11.8 Å². The van der Waals surface area contributed by atoms with E-state index in [1.807, 2.05) is 6.07 Å². The van der Waals surface area contributed by atoms with Crippen molar-refractivity contribution < 1.29 is 37.0 Å². The zero-order chi connectivity index (χ0) is 28.2. The van der Waals surface area contributed by atoms with Crippen LogP contribution in [0.2, 0.25) is 5.02 Å². The quantitative estimate of drug-likeness (QED) is 0.317. The van der Waals surface area contributed by atoms with Crippen LogP contribution in [0.4, 0.5) is 18.9 Å². The van der Waals surface area contributed by atoms with E-state index in [4.69, 9.17) is 21.1 Å². The maximum Gasteiger partial charge on any atom is 0.417 e. The highest BCUT2D eigenvalue weighted by Crippen LogP contribution is 2.42. The molecule has 8 nitrogen and oxygen atoms in total. The van der Waals surface area contributed by atoms with E-state index in [0.29, 0.717) is 21.9 Å². The Labute approximate surface area is 232 Å². The molecule has 1 heterocycles. The number of nitriles is 1. The van der Waals surface area contributed by atoms with E-state index in [1.165, 1.54) is 13.2 Å². The lowest BCUT2D eigenvalue weighted by atomic mass is 9.78. The topological polar surface area (TPSA) is 118 Å². The number of methoxy groups -OCH3 is 2. The van der Waals surface area contributed by atoms with Gasteiger partial charge in [0.2, 0.25) is 11.8 Å². The largest absolute Gasteiger partial charge is 0.496 e. The molecule has 1 aliphatic rings. The minimum atomic E-state index is -4.72. The Morgan fingerprint density at radius 1 is 1.24 bits per heavy atom. The molecule has 2 aromatic carbocycles. The van der Waals surface area contributed by atoms with Crippen molar-refractivity contribution in [3.05, 3.63) is 67.6 Å². The molecular formula is C24H18BrClF3N3O5S. The molecule has 0 radical (unpaired) electrons. The molecule has 2 atom stereocenters. The first-order chi connectivity index (χ1) is 17.9. The van der Waals surface area contributed by atoms with Gasteiger partial charge in [-0.1, -0.05) is 29.4 Å². The Morgan fingerprint density at radius 2 is 1.95 bits per heavy atom. The zero-order valence-corrected chi connectivity index (χ0v) is 22.8. The van der Waals surface area contributed by atoms with Crippen LogP contribution in [0.15, 0.2) is 51.5 Å². The highest BCUT2D eigenvalue weighted by molar-refractivity contribution is 9.10. The van der Waals surface area contributed by atoms with E-state index >= 15 is 0 Å². The second-order valence-electron chi connectivity index (χ2n) is 7.75. The highest BCUT2D eigenvalue weighted by Gasteiger charge is 2.44. The number of amides is 2. The van der Waals surface area contributed by atoms with Crippen LogP contribution in [0.1, 0.15) is 17.0 Å². The van der Waals surface area contributed by atoms with Crippen LogP contribution in [-0.4, -0.2) is 37.8 Å². The van der Waals surface area contributed by atoms with Crippen molar-refractivity contribution >= 4 is 62.8 Å². The predicted octanol–water partition coefficient (Wildman–Crippen LogP) is 5.24. The summed E-state index contributed by atoms with van der Waals surface area (Å²) in [7, 11) is 2.57. The Morgan fingerprint density at radius 3 is 2.53 bits per heavy atom. The number of nitrogens with one attached hydrogen (secondary N) is 2. The SMILES string of the molecule is COC(=O)[C@@H]1C(=O)NC(SCC(=O)Nc2ccc(Cl)c(C(F)(F)F)c2)=C(C#N)[C@@H]1c1ccc(OC)c(Br)c1. The van der Waals surface area contributed by atoms with E-state index < -0.39 is 46.4 Å². The standard InChI is InChI=1S/C24H18BrClF3N3O5S/c1-36-17-6-3-11(7-15(17)25)19-13(9-30)22(32-21(34)20(19)23(35)37-2)38-10-18(33)31-12-4-5-16(26)14(8-12)24(27,28)29/h3-8,19-20H,10H2,1-2H3,(H,31,33)(H,32,34)/t19-,20-/m0/s1. The molecule has 38 heavy (non-hydrogen) atoms. The Hall–Kier alpha value is -3.21. The molecule has 0 unspecified atom stereocenters. The average Bonchev–Trinajstić information content (AvgIpc) is 2.86. The molecule has 14 heteroatoms. The second-order valence-corrected chi connectivity index (χ2v) is 9.99. The maximum atomic E-state index is 13.1. The van der Waals surface area contributed by atoms with Gasteiger partial charge in [0.05, 0.1) is 51.7 Å². The molecule has 1 aliphatic heterocycles. The van der Waals surface area contributed by atoms with Gasteiger partial charge in [-0.2, -0.15) is 18.4 Å². The Bertz CT molecular complexity index is 1360. The number of alkyl halides is 3. The van der Waals surface area contributed by atoms with Gasteiger partial charge < -0.3 is 20.1 Å². The number of nitrogens with zero attached hydrogens (tertiary/aromatic N) is 1. The summed E-state index contributed by atoms with van der Waals surface area (Å²) in [6, 6.07) is 9.71. The van der Waals surface area contributed by atoms with E-state index in [0.717, 1.165) is 24.9 Å². The molecule has 0 saturated heterocycles. The molecule has 0 bridgehead atoms. The van der Waals surface area contributed by atoms with Gasteiger partial charge in [0.1, 0.15) is 11.7 Å². The molecule has 3 rings (SSSR count). The summed E-state index contributed by atoms with van der Waals surface area (Å²) in [5.41, 5.74) is -0.814. The molecule has 0 fully saturated rings. The summed E-state index contributed by atoms with van der Waals surface area (Å²) in [4.78, 5) is 38.0. The number of anilines is 1. The van der Waals surface area contributed by atoms with E-state index in [1.54, 1.807) is 18.2 Å². The van der Waals surface area contributed by atoms with Crippen LogP contribution < -0.4 is 15.4 Å². The summed E-state index contributed by atoms with van der Waals surface area (Å²) in [6.07, 6.45) is -4.72. The number of ether oxygens (including phenoxy) is 2. The third-order valence-corrected chi connectivity index (χ3v) is 7.39. The predicted molar refractivity (Wildman–Crippen MR) is 137 cm³/mol. The fraction of sp³-hybridized carbons (Fsp3) is 0.250. The smallest absolute Gasteiger partial charge is 0.417 e. The third kappa shape index (κ3) is 6.43. The van der Waals surface area contributed by atoms with Gasteiger partial charge in [-0.3, -0.25) is 14.4 Å². The molecule has 0 saturated carbocycles. The first kappa shape index (κ1) is 29.3. The van der Waals surface area contributed by atoms with E-state index in [2.05, 4.69) is 26.6 Å². The van der Waals surface area contributed by atoms with Crippen molar-refractivity contribution in [2.45, 2.75) is 12.1 Å². The number of hydrogen-bond acceptors (Lipinski definition) is 7. The lowest BCUT2D eigenvalue weighted by Crippen LogP contribution is -2.44. The number of thioether (sulfide) groups is 1. The molecular weight excluding hydrogens is 615 g/mol. The van der Waals surface area contributed by atoms with Crippen molar-refractivity contribution in [2.75, 3.05) is 25.3 Å². The minimum Gasteiger partial charge on any atom is -0.496 e. The number of allylic oxidation sites excluding steroid dienone is 1. The minimum absolute atomic E-state index is 0.000664. The van der Waals surface area contributed by atoms with Gasteiger partial charge >= 0.3 is 12.1 Å². The van der Waals surface area contributed by atoms with Crippen LogP contribution in [0.5, 0.6) is 5.75 Å². The van der Waals surface area contributed by atoms with Crippen LogP contribution >= 0.6 is 39.3 Å². The van der Waals surface area contributed by atoms with Gasteiger partial charge in [-0.05, 0) is 51.8 Å². The summed E-state index contributed by atoms with van der Waals surface area (Å²) >= 11 is 9.73. The molecule has 2 N–H and O–H groups in total. The molecule has 0 aliphatic carbocycles. The number of rotatable bonds is 7. The van der Waals surface area contributed by atoms with Gasteiger partial charge in [-0.25, -0.2) is 0 Å². The number of benzene rings is 2. The van der Waals surface area contributed by atoms with Crippen molar-refractivity contribution in [3.63, 3.8) is 0 Å². The lowest BCUT2D eigenvalue weighted by molar-refractivity contribution is -0.150. The average molecular weight is 633 g/mol. The molecule has 2 amide bonds. The number of carbonyl (C=O) groups excluding carboxylic acids is 3. The number of halogens is 5. The lowest BCUT2D eigenvalue weighted by Gasteiger charge is -2.31. The van der Waals surface area contributed by atoms with Crippen LogP contribution in [0, 0.1) is 17.2 Å². The highest BCUT2D eigenvalue weighted by atomic mass is 79.9. The summed E-state index contributed by atoms with van der Waals surface area (Å²) in [5, 5.41) is 14.3. The molecule has 2 aromatic rings. The number of carbonyl (C=O) groups is 3. The van der Waals surface area contributed by atoms with Gasteiger partial charge in [0, 0.05) is 11.6 Å². The second kappa shape index (κ2) is 12.1. The Balaban J connectivity index is 1.90. The van der Waals surface area contributed by atoms with Crippen LogP contribution in [0.25, 0.3) is 0 Å². The number of esters is 1. The first-order valence-electron chi connectivity index (χ1n) is 10.6. The monoisotopic (exact) mass is 631 g/mol. The van der Waals surface area contributed by atoms with E-state index in [9.17, 15) is 32.8 Å². The Kier molecular flexibility index (Phi) is 9.35. The van der Waals surface area contributed by atoms with Gasteiger partial charge in [0.25, 0.3) is 0 Å². The summed E-state index contributed by atoms with van der Waals surface area (Å²) in [6.45, 7) is 0. The number of hydrogen-bond donors (Lipinski definition) is 2. The summed E-state index contributed by atoms with van der Waals surface area (Å²) < 4.78 is 49.9. The zero-order valence-electron chi connectivity index (χ0n) is 19.6. The van der Waals surface area contributed by atoms with Crippen LogP contribution in [0.3, 0.4) is 0 Å². The molecule has 0 aromatic heterocycles. The fourth-order valence-electron chi connectivity index (χ4n) is 3.71. The normalized spacial score (nSPS) is 17.4. The summed E-state index contributed by atoms with van der Waals surface area (Å²) in [5.74, 6) is -4.63. The molecule has 200 valence electrons. The molecule has 0 spiro atoms. The van der Waals surface area contributed by atoms with Crippen molar-refractivity contribution in [1.82, 2.24) is 5.32 Å². The van der Waals surface area contributed by atoms with Gasteiger partial charge in [-0.15, -0.1) is 0 Å². The van der Waals surface area contributed by atoms with Gasteiger partial charge in [0.15, 0.2) is 0 Å². The van der Waals surface area contributed by atoms with E-state index in [-0.39, 0.29) is 22.0 Å². The maximum absolute atomic E-state index is 13.1.